The minimum atomic E-state index is -0.00370. The van der Waals surface area contributed by atoms with E-state index in [0.29, 0.717) is 5.56 Å². The second-order valence-electron chi connectivity index (χ2n) is 2.89. The van der Waals surface area contributed by atoms with E-state index in [-0.39, 0.29) is 5.78 Å². The number of nitrogens with zero attached hydrogens (tertiary/aromatic N) is 1. The fraction of sp³-hybridized carbons (Fsp3) is 0.273. The van der Waals surface area contributed by atoms with Crippen LogP contribution in [0, 0.1) is 0 Å². The molecule has 0 radical (unpaired) electrons. The highest BCUT2D eigenvalue weighted by molar-refractivity contribution is 6.04. The zero-order valence-corrected chi connectivity index (χ0v) is 8.23. The minimum Gasteiger partial charge on any atom is -0.391 e. The van der Waals surface area contributed by atoms with Crippen LogP contribution in [0.3, 0.4) is 0 Å². The summed E-state index contributed by atoms with van der Waals surface area (Å²) >= 11 is 0. The first-order valence-corrected chi connectivity index (χ1v) is 4.69. The van der Waals surface area contributed by atoms with Gasteiger partial charge in [-0.1, -0.05) is 6.92 Å². The van der Waals surface area contributed by atoms with Crippen LogP contribution in [0.25, 0.3) is 0 Å². The van der Waals surface area contributed by atoms with Gasteiger partial charge in [0.1, 0.15) is 0 Å². The fourth-order valence-corrected chi connectivity index (χ4v) is 0.975. The molecule has 74 valence electrons. The van der Waals surface area contributed by atoms with Gasteiger partial charge in [0.05, 0.1) is 0 Å². The molecule has 1 rings (SSSR count). The number of pyridine rings is 1. The monoisotopic (exact) mass is 190 g/mol. The molecule has 3 heteroatoms. The summed E-state index contributed by atoms with van der Waals surface area (Å²) in [5.74, 6) is -0.00370. The third-order valence-electron chi connectivity index (χ3n) is 1.71. The number of carbonyl (C=O) groups is 1. The molecule has 0 atom stereocenters. The Kier molecular flexibility index (Phi) is 4.41. The predicted octanol–water partition coefficient (Wildman–Crippen LogP) is 1.78. The van der Waals surface area contributed by atoms with Gasteiger partial charge in [0.15, 0.2) is 5.78 Å². The molecule has 0 aromatic carbocycles. The highest BCUT2D eigenvalue weighted by Crippen LogP contribution is 1.98. The largest absolute Gasteiger partial charge is 0.391 e. The number of ketones is 1. The van der Waals surface area contributed by atoms with E-state index in [1.54, 1.807) is 30.7 Å². The smallest absolute Gasteiger partial charge is 0.187 e. The van der Waals surface area contributed by atoms with Gasteiger partial charge in [-0.2, -0.15) is 0 Å². The summed E-state index contributed by atoms with van der Waals surface area (Å²) in [6, 6.07) is 3.40. The molecule has 14 heavy (non-hydrogen) atoms. The van der Waals surface area contributed by atoms with Crippen molar-refractivity contribution in [2.45, 2.75) is 13.3 Å². The van der Waals surface area contributed by atoms with Gasteiger partial charge in [-0.25, -0.2) is 0 Å². The fourth-order valence-electron chi connectivity index (χ4n) is 0.975. The van der Waals surface area contributed by atoms with Crippen LogP contribution in [-0.4, -0.2) is 17.3 Å². The maximum absolute atomic E-state index is 11.5. The van der Waals surface area contributed by atoms with Crippen LogP contribution >= 0.6 is 0 Å². The maximum atomic E-state index is 11.5. The van der Waals surface area contributed by atoms with Crippen molar-refractivity contribution in [2.24, 2.45) is 0 Å². The van der Waals surface area contributed by atoms with E-state index in [0.717, 1.165) is 13.0 Å². The first kappa shape index (κ1) is 10.4. The van der Waals surface area contributed by atoms with E-state index in [1.807, 2.05) is 0 Å². The third-order valence-corrected chi connectivity index (χ3v) is 1.71. The third kappa shape index (κ3) is 3.39. The Morgan fingerprint density at radius 2 is 2.21 bits per heavy atom. The van der Waals surface area contributed by atoms with E-state index in [4.69, 9.17) is 0 Å². The number of rotatable bonds is 5. The molecular weight excluding hydrogens is 176 g/mol. The quantitative estimate of drug-likeness (QED) is 0.437. The molecule has 0 saturated heterocycles. The standard InChI is InChI=1S/C11H14N2O/c1-2-6-12-9-5-11(14)10-3-7-13-8-4-10/h3-5,7-9,12H,2,6H2,1H3/b9-5-. The predicted molar refractivity (Wildman–Crippen MR) is 56.0 cm³/mol. The van der Waals surface area contributed by atoms with Gasteiger partial charge in [0, 0.05) is 36.8 Å². The lowest BCUT2D eigenvalue weighted by molar-refractivity contribution is 0.104. The Hall–Kier alpha value is -1.64. The topological polar surface area (TPSA) is 42.0 Å². The number of nitrogens with one attached hydrogen (secondary N) is 1. The molecule has 0 aliphatic heterocycles. The lowest BCUT2D eigenvalue weighted by Gasteiger charge is -1.95. The first-order valence-electron chi connectivity index (χ1n) is 4.69. The van der Waals surface area contributed by atoms with Crippen molar-refractivity contribution in [1.29, 1.82) is 0 Å². The highest BCUT2D eigenvalue weighted by Gasteiger charge is 1.98. The van der Waals surface area contributed by atoms with Crippen LogP contribution in [0.1, 0.15) is 23.7 Å². The van der Waals surface area contributed by atoms with Crippen LogP contribution in [0.15, 0.2) is 36.8 Å². The SMILES string of the molecule is CCCN/C=C\C(=O)c1ccncc1. The van der Waals surface area contributed by atoms with Gasteiger partial charge in [-0.3, -0.25) is 9.78 Å². The molecule has 0 fully saturated rings. The summed E-state index contributed by atoms with van der Waals surface area (Å²) in [5, 5.41) is 3.02. The first-order chi connectivity index (χ1) is 6.84. The van der Waals surface area contributed by atoms with Crippen LogP contribution < -0.4 is 5.32 Å². The Balaban J connectivity index is 2.47. The second kappa shape index (κ2) is 5.91. The summed E-state index contributed by atoms with van der Waals surface area (Å²) < 4.78 is 0. The Morgan fingerprint density at radius 3 is 2.86 bits per heavy atom. The number of allylic oxidation sites excluding steroid dienone is 1. The van der Waals surface area contributed by atoms with Crippen molar-refractivity contribution in [3.8, 4) is 0 Å². The number of aromatic nitrogens is 1. The maximum Gasteiger partial charge on any atom is 0.187 e. The van der Waals surface area contributed by atoms with Gasteiger partial charge in [0.25, 0.3) is 0 Å². The van der Waals surface area contributed by atoms with Crippen LogP contribution in [0.5, 0.6) is 0 Å². The van der Waals surface area contributed by atoms with Crippen molar-refractivity contribution in [2.75, 3.05) is 6.54 Å². The van der Waals surface area contributed by atoms with Crippen molar-refractivity contribution >= 4 is 5.78 Å². The summed E-state index contributed by atoms with van der Waals surface area (Å²) in [6.07, 6.45) is 7.49. The molecular formula is C11H14N2O. The number of carbonyl (C=O) groups excluding carboxylic acids is 1. The van der Waals surface area contributed by atoms with E-state index in [1.165, 1.54) is 6.08 Å². The van der Waals surface area contributed by atoms with Gasteiger partial charge < -0.3 is 5.32 Å². The van der Waals surface area contributed by atoms with Crippen molar-refractivity contribution in [1.82, 2.24) is 10.3 Å². The van der Waals surface area contributed by atoms with Gasteiger partial charge in [-0.15, -0.1) is 0 Å². The average molecular weight is 190 g/mol. The van der Waals surface area contributed by atoms with Gasteiger partial charge >= 0.3 is 0 Å². The Labute approximate surface area is 83.9 Å². The van der Waals surface area contributed by atoms with Gasteiger partial charge in [-0.05, 0) is 18.6 Å². The molecule has 0 spiro atoms. The molecule has 1 aromatic rings. The molecule has 0 bridgehead atoms. The summed E-state index contributed by atoms with van der Waals surface area (Å²) in [4.78, 5) is 15.3. The van der Waals surface area contributed by atoms with Crippen molar-refractivity contribution < 1.29 is 4.79 Å². The summed E-state index contributed by atoms with van der Waals surface area (Å²) in [5.41, 5.74) is 0.662. The van der Waals surface area contributed by atoms with E-state index in [9.17, 15) is 4.79 Å². The van der Waals surface area contributed by atoms with Crippen LogP contribution in [-0.2, 0) is 0 Å². The van der Waals surface area contributed by atoms with E-state index in [2.05, 4.69) is 17.2 Å². The minimum absolute atomic E-state index is 0.00370. The highest BCUT2D eigenvalue weighted by atomic mass is 16.1. The van der Waals surface area contributed by atoms with Crippen molar-refractivity contribution in [3.05, 3.63) is 42.4 Å². The zero-order chi connectivity index (χ0) is 10.2. The zero-order valence-electron chi connectivity index (χ0n) is 8.23. The van der Waals surface area contributed by atoms with E-state index >= 15 is 0 Å². The molecule has 1 heterocycles. The lowest BCUT2D eigenvalue weighted by atomic mass is 10.2. The summed E-state index contributed by atoms with van der Waals surface area (Å²) in [7, 11) is 0. The number of hydrogen-bond acceptors (Lipinski definition) is 3. The van der Waals surface area contributed by atoms with Crippen LogP contribution in [0.4, 0.5) is 0 Å². The summed E-state index contributed by atoms with van der Waals surface area (Å²) in [6.45, 7) is 2.96. The number of hydrogen-bond donors (Lipinski definition) is 1. The molecule has 3 nitrogen and oxygen atoms in total. The molecule has 0 aliphatic rings. The molecule has 0 aliphatic carbocycles. The van der Waals surface area contributed by atoms with Gasteiger partial charge in [0.2, 0.25) is 0 Å². The second-order valence-corrected chi connectivity index (χ2v) is 2.89. The molecule has 0 unspecified atom stereocenters. The molecule has 1 N–H and O–H groups in total. The molecule has 0 saturated carbocycles. The normalized spacial score (nSPS) is 10.4. The Bertz CT molecular complexity index is 306. The molecule has 1 aromatic heterocycles. The van der Waals surface area contributed by atoms with Crippen molar-refractivity contribution in [3.63, 3.8) is 0 Å². The molecule has 0 amide bonds. The average Bonchev–Trinajstić information content (AvgIpc) is 2.25. The van der Waals surface area contributed by atoms with Crippen LogP contribution in [0.2, 0.25) is 0 Å². The van der Waals surface area contributed by atoms with E-state index < -0.39 is 0 Å². The lowest BCUT2D eigenvalue weighted by Crippen LogP contribution is -2.06. The Morgan fingerprint density at radius 1 is 1.50 bits per heavy atom.